The molecule has 7 nitrogen and oxygen atoms in total. The van der Waals surface area contributed by atoms with Gasteiger partial charge < -0.3 is 20.1 Å². The van der Waals surface area contributed by atoms with Gasteiger partial charge in [-0.3, -0.25) is 9.59 Å². The van der Waals surface area contributed by atoms with Crippen LogP contribution < -0.4 is 15.4 Å². The van der Waals surface area contributed by atoms with Crippen LogP contribution in [0.25, 0.3) is 0 Å². The van der Waals surface area contributed by atoms with E-state index in [9.17, 15) is 14.4 Å². The second-order valence-electron chi connectivity index (χ2n) is 8.02. The van der Waals surface area contributed by atoms with E-state index in [1.165, 1.54) is 18.4 Å². The van der Waals surface area contributed by atoms with Crippen molar-refractivity contribution in [2.45, 2.75) is 41.5 Å². The molecular weight excluding hydrogens is 404 g/mol. The van der Waals surface area contributed by atoms with Crippen LogP contribution in [-0.4, -0.2) is 31.5 Å². The van der Waals surface area contributed by atoms with Gasteiger partial charge in [-0.2, -0.15) is 0 Å². The lowest BCUT2D eigenvalue weighted by molar-refractivity contribution is -0.123. The number of hydrogen-bond donors (Lipinski definition) is 2. The second kappa shape index (κ2) is 9.30. The summed E-state index contributed by atoms with van der Waals surface area (Å²) in [6.45, 7) is 10.4. The Labute approximate surface area is 180 Å². The van der Waals surface area contributed by atoms with Gasteiger partial charge in [0, 0.05) is 10.3 Å². The van der Waals surface area contributed by atoms with E-state index in [0.29, 0.717) is 16.4 Å². The molecule has 0 aliphatic heterocycles. The summed E-state index contributed by atoms with van der Waals surface area (Å²) >= 11 is 1.31. The molecule has 8 heteroatoms. The summed E-state index contributed by atoms with van der Waals surface area (Å²) in [5.41, 5.74) is 1.83. The van der Waals surface area contributed by atoms with Gasteiger partial charge >= 0.3 is 5.97 Å². The summed E-state index contributed by atoms with van der Waals surface area (Å²) in [6, 6.07) is 5.38. The number of hydrogen-bond acceptors (Lipinski definition) is 6. The van der Waals surface area contributed by atoms with Gasteiger partial charge in [0.15, 0.2) is 6.61 Å². The van der Waals surface area contributed by atoms with Crippen LogP contribution in [0.4, 0.5) is 10.7 Å². The lowest BCUT2D eigenvalue weighted by Gasteiger charge is -2.17. The van der Waals surface area contributed by atoms with Gasteiger partial charge in [0.05, 0.1) is 18.4 Å². The van der Waals surface area contributed by atoms with E-state index < -0.39 is 23.9 Å². The molecule has 1 aromatic heterocycles. The molecule has 0 aliphatic rings. The minimum absolute atomic E-state index is 0.206. The molecule has 0 atom stereocenters. The minimum atomic E-state index is -0.660. The molecule has 1 heterocycles. The fraction of sp³-hybridized carbons (Fsp3) is 0.409. The number of nitrogens with one attached hydrogen (secondary N) is 2. The fourth-order valence-corrected chi connectivity index (χ4v) is 3.60. The molecule has 0 unspecified atom stereocenters. The zero-order valence-corrected chi connectivity index (χ0v) is 19.2. The Bertz CT molecular complexity index is 973. The highest BCUT2D eigenvalue weighted by Crippen LogP contribution is 2.34. The van der Waals surface area contributed by atoms with Gasteiger partial charge in [-0.05, 0) is 44.0 Å². The molecule has 0 saturated heterocycles. The zero-order valence-electron chi connectivity index (χ0n) is 18.4. The van der Waals surface area contributed by atoms with Crippen molar-refractivity contribution >= 4 is 39.8 Å². The highest BCUT2D eigenvalue weighted by atomic mass is 32.1. The number of rotatable bonds is 6. The third-order valence-electron chi connectivity index (χ3n) is 4.46. The lowest BCUT2D eigenvalue weighted by atomic mass is 9.96. The van der Waals surface area contributed by atoms with Crippen LogP contribution in [0.15, 0.2) is 18.2 Å². The Hall–Kier alpha value is -2.87. The summed E-state index contributed by atoms with van der Waals surface area (Å²) in [5.74, 6) is -0.844. The third-order valence-corrected chi connectivity index (χ3v) is 5.58. The van der Waals surface area contributed by atoms with Crippen LogP contribution in [0.3, 0.4) is 0 Å². The first-order valence-corrected chi connectivity index (χ1v) is 10.3. The molecule has 0 spiro atoms. The average molecular weight is 433 g/mol. The predicted molar refractivity (Wildman–Crippen MR) is 119 cm³/mol. The molecule has 0 saturated carbocycles. The standard InChI is InChI=1S/C22H28N2O5S/c1-12-8-9-16(28-7)15(10-12)23-17(25)11-29-20(26)18-13(2)14(3)30-19(18)24-21(27)22(4,5)6/h8-10H,11H2,1-7H3,(H,23,25)(H,24,27). The molecule has 30 heavy (non-hydrogen) atoms. The number of thiophene rings is 1. The van der Waals surface area contributed by atoms with Crippen molar-refractivity contribution in [2.24, 2.45) is 5.41 Å². The van der Waals surface area contributed by atoms with Crippen molar-refractivity contribution in [1.82, 2.24) is 0 Å². The molecule has 0 radical (unpaired) electrons. The number of esters is 1. The highest BCUT2D eigenvalue weighted by molar-refractivity contribution is 7.16. The number of aryl methyl sites for hydroxylation is 2. The Balaban J connectivity index is 2.10. The monoisotopic (exact) mass is 432 g/mol. The molecule has 2 N–H and O–H groups in total. The molecule has 2 amide bonds. The maximum Gasteiger partial charge on any atom is 0.341 e. The number of ether oxygens (including phenoxy) is 2. The van der Waals surface area contributed by atoms with Crippen molar-refractivity contribution in [1.29, 1.82) is 0 Å². The van der Waals surface area contributed by atoms with E-state index in [2.05, 4.69) is 10.6 Å². The zero-order chi connectivity index (χ0) is 22.6. The number of methoxy groups -OCH3 is 1. The van der Waals surface area contributed by atoms with Crippen LogP contribution in [0.2, 0.25) is 0 Å². The molecule has 2 aromatic rings. The van der Waals surface area contributed by atoms with E-state index in [4.69, 9.17) is 9.47 Å². The largest absolute Gasteiger partial charge is 0.495 e. The van der Waals surface area contributed by atoms with E-state index >= 15 is 0 Å². The Kier molecular flexibility index (Phi) is 7.25. The number of carbonyl (C=O) groups excluding carboxylic acids is 3. The van der Waals surface area contributed by atoms with Crippen molar-refractivity contribution in [2.75, 3.05) is 24.4 Å². The van der Waals surface area contributed by atoms with E-state index in [-0.39, 0.29) is 11.5 Å². The van der Waals surface area contributed by atoms with Crippen LogP contribution in [-0.2, 0) is 14.3 Å². The topological polar surface area (TPSA) is 93.7 Å². The van der Waals surface area contributed by atoms with Crippen molar-refractivity contribution in [3.05, 3.63) is 39.8 Å². The smallest absolute Gasteiger partial charge is 0.341 e. The summed E-state index contributed by atoms with van der Waals surface area (Å²) in [4.78, 5) is 38.2. The maximum atomic E-state index is 12.7. The highest BCUT2D eigenvalue weighted by Gasteiger charge is 2.27. The summed E-state index contributed by atoms with van der Waals surface area (Å²) in [6.07, 6.45) is 0. The first-order chi connectivity index (χ1) is 13.9. The van der Waals surface area contributed by atoms with E-state index in [0.717, 1.165) is 16.0 Å². The van der Waals surface area contributed by atoms with Gasteiger partial charge in [0.25, 0.3) is 5.91 Å². The summed E-state index contributed by atoms with van der Waals surface area (Å²) < 4.78 is 10.5. The average Bonchev–Trinajstić information content (AvgIpc) is 2.93. The molecule has 1 aromatic carbocycles. The summed E-state index contributed by atoms with van der Waals surface area (Å²) in [7, 11) is 1.51. The SMILES string of the molecule is COc1ccc(C)cc1NC(=O)COC(=O)c1c(NC(=O)C(C)(C)C)sc(C)c1C. The maximum absolute atomic E-state index is 12.7. The first kappa shape index (κ1) is 23.4. The first-order valence-electron chi connectivity index (χ1n) is 9.47. The van der Waals surface area contributed by atoms with Gasteiger partial charge in [0.1, 0.15) is 10.8 Å². The van der Waals surface area contributed by atoms with E-state index in [1.54, 1.807) is 39.8 Å². The number of carbonyl (C=O) groups is 3. The molecular formula is C22H28N2O5S. The van der Waals surface area contributed by atoms with E-state index in [1.807, 2.05) is 19.9 Å². The van der Waals surface area contributed by atoms with Crippen LogP contribution >= 0.6 is 11.3 Å². The van der Waals surface area contributed by atoms with Gasteiger partial charge in [-0.15, -0.1) is 11.3 Å². The van der Waals surface area contributed by atoms with Crippen molar-refractivity contribution in [3.63, 3.8) is 0 Å². The predicted octanol–water partition coefficient (Wildman–Crippen LogP) is 4.46. The Morgan fingerprint density at radius 1 is 1.07 bits per heavy atom. The Morgan fingerprint density at radius 2 is 1.73 bits per heavy atom. The number of amides is 2. The third kappa shape index (κ3) is 5.60. The fourth-order valence-electron chi connectivity index (χ4n) is 2.56. The summed E-state index contributed by atoms with van der Waals surface area (Å²) in [5, 5.41) is 5.92. The second-order valence-corrected chi connectivity index (χ2v) is 9.24. The van der Waals surface area contributed by atoms with Crippen molar-refractivity contribution < 1.29 is 23.9 Å². The quantitative estimate of drug-likeness (QED) is 0.657. The molecule has 162 valence electrons. The van der Waals surface area contributed by atoms with Crippen LogP contribution in [0, 0.1) is 26.2 Å². The van der Waals surface area contributed by atoms with Crippen LogP contribution in [0.5, 0.6) is 5.75 Å². The number of benzene rings is 1. The number of anilines is 2. The normalized spacial score (nSPS) is 11.0. The minimum Gasteiger partial charge on any atom is -0.495 e. The molecule has 0 fully saturated rings. The van der Waals surface area contributed by atoms with Crippen LogP contribution in [0.1, 0.15) is 47.1 Å². The Morgan fingerprint density at radius 3 is 2.33 bits per heavy atom. The van der Waals surface area contributed by atoms with Gasteiger partial charge in [0.2, 0.25) is 5.91 Å². The molecule has 0 bridgehead atoms. The molecule has 2 rings (SSSR count). The van der Waals surface area contributed by atoms with Gasteiger partial charge in [-0.1, -0.05) is 26.8 Å². The van der Waals surface area contributed by atoms with Gasteiger partial charge in [-0.25, -0.2) is 4.79 Å². The van der Waals surface area contributed by atoms with Crippen molar-refractivity contribution in [3.8, 4) is 5.75 Å². The lowest BCUT2D eigenvalue weighted by Crippen LogP contribution is -2.28. The molecule has 0 aliphatic carbocycles.